The normalized spacial score (nSPS) is 31.4. The highest BCUT2D eigenvalue weighted by atomic mass is 16.2. The molecule has 1 aromatic rings. The van der Waals surface area contributed by atoms with Gasteiger partial charge in [-0.2, -0.15) is 0 Å². The fourth-order valence-corrected chi connectivity index (χ4v) is 6.95. The van der Waals surface area contributed by atoms with Gasteiger partial charge in [0.25, 0.3) is 5.91 Å². The van der Waals surface area contributed by atoms with Gasteiger partial charge in [0.05, 0.1) is 0 Å². The van der Waals surface area contributed by atoms with Gasteiger partial charge >= 0.3 is 0 Å². The van der Waals surface area contributed by atoms with E-state index in [1.807, 2.05) is 6.07 Å². The first-order chi connectivity index (χ1) is 16.3. The highest BCUT2D eigenvalue weighted by Crippen LogP contribution is 2.37. The van der Waals surface area contributed by atoms with E-state index in [-0.39, 0.29) is 17.9 Å². The van der Waals surface area contributed by atoms with Gasteiger partial charge in [-0.3, -0.25) is 9.59 Å². The molecule has 2 amide bonds. The molecule has 0 aromatic heterocycles. The molecule has 2 unspecified atom stereocenters. The predicted octanol–water partition coefficient (Wildman–Crippen LogP) is 5.09. The number of benzene rings is 1. The van der Waals surface area contributed by atoms with Crippen molar-refractivity contribution in [3.63, 3.8) is 0 Å². The van der Waals surface area contributed by atoms with Gasteiger partial charge in [0.15, 0.2) is 0 Å². The van der Waals surface area contributed by atoms with Crippen LogP contribution in [-0.2, 0) is 17.8 Å². The highest BCUT2D eigenvalue weighted by molar-refractivity contribution is 6.01. The van der Waals surface area contributed by atoms with Crippen LogP contribution in [0.5, 0.6) is 0 Å². The summed E-state index contributed by atoms with van der Waals surface area (Å²) in [6.45, 7) is 9.23. The molecule has 0 bridgehead atoms. The van der Waals surface area contributed by atoms with Crippen LogP contribution in [0.3, 0.4) is 0 Å². The summed E-state index contributed by atoms with van der Waals surface area (Å²) < 4.78 is 0. The van der Waals surface area contributed by atoms with Crippen LogP contribution in [0.25, 0.3) is 0 Å². The number of nitrogens with one attached hydrogen (secondary N) is 2. The Morgan fingerprint density at radius 1 is 1.12 bits per heavy atom. The van der Waals surface area contributed by atoms with Crippen molar-refractivity contribution >= 4 is 11.8 Å². The second-order valence-electron chi connectivity index (χ2n) is 12.1. The molecule has 0 radical (unpaired) electrons. The van der Waals surface area contributed by atoms with Crippen molar-refractivity contribution in [3.8, 4) is 0 Å². The Kier molecular flexibility index (Phi) is 6.58. The minimum atomic E-state index is -0.388. The van der Waals surface area contributed by atoms with E-state index in [4.69, 9.17) is 0 Å². The van der Waals surface area contributed by atoms with Crippen molar-refractivity contribution in [2.45, 2.75) is 109 Å². The number of carbonyl (C=O) groups excluding carboxylic acids is 2. The van der Waals surface area contributed by atoms with Gasteiger partial charge in [0.1, 0.15) is 6.04 Å². The maximum absolute atomic E-state index is 13.1. The molecule has 0 spiro atoms. The van der Waals surface area contributed by atoms with Crippen LogP contribution in [0.1, 0.15) is 99.5 Å². The van der Waals surface area contributed by atoms with Gasteiger partial charge in [0, 0.05) is 29.9 Å². The molecule has 2 N–H and O–H groups in total. The molecule has 5 rings (SSSR count). The maximum Gasteiger partial charge on any atom is 0.255 e. The zero-order valence-electron chi connectivity index (χ0n) is 21.0. The number of hydrogen-bond donors (Lipinski definition) is 2. The van der Waals surface area contributed by atoms with Gasteiger partial charge < -0.3 is 15.5 Å². The molecule has 2 aliphatic heterocycles. The number of piperidine rings is 1. The smallest absolute Gasteiger partial charge is 0.255 e. The SMILES string of the molecule is C=C1CCC(N2Cc3cc(C[C@H]4CCCC[C@@H]4NC4CCCC(C)(C)C4)ccc3C2=O)C(=O)N1. The third-order valence-electron chi connectivity index (χ3n) is 8.76. The van der Waals surface area contributed by atoms with Crippen LogP contribution < -0.4 is 10.6 Å². The van der Waals surface area contributed by atoms with Gasteiger partial charge in [-0.1, -0.05) is 51.8 Å². The van der Waals surface area contributed by atoms with Gasteiger partial charge in [-0.25, -0.2) is 0 Å². The molecule has 5 nitrogen and oxygen atoms in total. The summed E-state index contributed by atoms with van der Waals surface area (Å²) in [5, 5.41) is 6.92. The van der Waals surface area contributed by atoms with Crippen molar-refractivity contribution < 1.29 is 9.59 Å². The lowest BCUT2D eigenvalue weighted by atomic mass is 9.74. The monoisotopic (exact) mass is 463 g/mol. The molecule has 5 heteroatoms. The van der Waals surface area contributed by atoms with Crippen LogP contribution in [0.4, 0.5) is 0 Å². The van der Waals surface area contributed by atoms with E-state index in [0.717, 1.165) is 29.7 Å². The number of amides is 2. The number of allylic oxidation sites excluding steroid dienone is 1. The molecule has 4 atom stereocenters. The Bertz CT molecular complexity index is 968. The van der Waals surface area contributed by atoms with Crippen LogP contribution in [-0.4, -0.2) is 34.8 Å². The number of hydrogen-bond acceptors (Lipinski definition) is 3. The molecule has 1 aromatic carbocycles. The lowest BCUT2D eigenvalue weighted by Gasteiger charge is -2.41. The van der Waals surface area contributed by atoms with Crippen molar-refractivity contribution in [1.82, 2.24) is 15.5 Å². The Balaban J connectivity index is 1.25. The lowest BCUT2D eigenvalue weighted by molar-refractivity contribution is -0.126. The predicted molar refractivity (Wildman–Crippen MR) is 135 cm³/mol. The number of carbonyl (C=O) groups is 2. The first kappa shape index (κ1) is 23.6. The minimum absolute atomic E-state index is 0.00802. The van der Waals surface area contributed by atoms with Crippen LogP contribution in [0, 0.1) is 11.3 Å². The molecule has 3 fully saturated rings. The number of nitrogens with zero attached hydrogens (tertiary/aromatic N) is 1. The van der Waals surface area contributed by atoms with E-state index in [1.165, 1.54) is 56.9 Å². The lowest BCUT2D eigenvalue weighted by Crippen LogP contribution is -2.49. The maximum atomic E-state index is 13.1. The summed E-state index contributed by atoms with van der Waals surface area (Å²) in [4.78, 5) is 27.3. The Morgan fingerprint density at radius 2 is 1.94 bits per heavy atom. The zero-order chi connectivity index (χ0) is 23.9. The summed E-state index contributed by atoms with van der Waals surface area (Å²) in [5.41, 5.74) is 4.39. The van der Waals surface area contributed by atoms with E-state index in [1.54, 1.807) is 4.90 Å². The van der Waals surface area contributed by atoms with Gasteiger partial charge in [0.2, 0.25) is 5.91 Å². The van der Waals surface area contributed by atoms with Crippen LogP contribution in [0.2, 0.25) is 0 Å². The molecule has 34 heavy (non-hydrogen) atoms. The van der Waals surface area contributed by atoms with Gasteiger partial charge in [-0.15, -0.1) is 0 Å². The van der Waals surface area contributed by atoms with E-state index in [9.17, 15) is 9.59 Å². The molecule has 184 valence electrons. The van der Waals surface area contributed by atoms with Crippen molar-refractivity contribution in [2.24, 2.45) is 11.3 Å². The Morgan fingerprint density at radius 3 is 2.74 bits per heavy atom. The molecular weight excluding hydrogens is 422 g/mol. The summed E-state index contributed by atoms with van der Waals surface area (Å²) in [7, 11) is 0. The van der Waals surface area contributed by atoms with Gasteiger partial charge in [-0.05, 0) is 79.9 Å². The quantitative estimate of drug-likeness (QED) is 0.639. The van der Waals surface area contributed by atoms with Crippen LogP contribution in [0.15, 0.2) is 30.5 Å². The second-order valence-corrected chi connectivity index (χ2v) is 12.1. The number of rotatable bonds is 5. The first-order valence-corrected chi connectivity index (χ1v) is 13.5. The molecule has 2 saturated carbocycles. The van der Waals surface area contributed by atoms with Crippen molar-refractivity contribution in [1.29, 1.82) is 0 Å². The fourth-order valence-electron chi connectivity index (χ4n) is 6.95. The number of fused-ring (bicyclic) bond motifs is 1. The second kappa shape index (κ2) is 9.49. The zero-order valence-corrected chi connectivity index (χ0v) is 21.0. The van der Waals surface area contributed by atoms with E-state index < -0.39 is 0 Å². The summed E-state index contributed by atoms with van der Waals surface area (Å²) >= 11 is 0. The first-order valence-electron chi connectivity index (χ1n) is 13.5. The average Bonchev–Trinajstić information content (AvgIpc) is 3.10. The fraction of sp³-hybridized carbons (Fsp3) is 0.655. The third-order valence-corrected chi connectivity index (χ3v) is 8.76. The molecular formula is C29H41N3O2. The van der Waals surface area contributed by atoms with E-state index in [2.05, 4.69) is 43.2 Å². The third kappa shape index (κ3) is 4.95. The van der Waals surface area contributed by atoms with Crippen molar-refractivity contribution in [2.75, 3.05) is 0 Å². The highest BCUT2D eigenvalue weighted by Gasteiger charge is 2.38. The Labute approximate surface area is 204 Å². The van der Waals surface area contributed by atoms with E-state index >= 15 is 0 Å². The van der Waals surface area contributed by atoms with Crippen molar-refractivity contribution in [3.05, 3.63) is 47.2 Å². The Hall–Kier alpha value is -2.14. The summed E-state index contributed by atoms with van der Waals surface area (Å²) in [5.74, 6) is 0.547. The molecule has 1 saturated heterocycles. The topological polar surface area (TPSA) is 61.4 Å². The van der Waals surface area contributed by atoms with E-state index in [0.29, 0.717) is 36.4 Å². The molecule has 2 heterocycles. The van der Waals surface area contributed by atoms with Crippen LogP contribution >= 0.6 is 0 Å². The largest absolute Gasteiger partial charge is 0.329 e. The standard InChI is InChI=1S/C29H41N3O2/c1-19-10-13-26(27(33)30-19)32-18-22-16-20(11-12-24(22)28(32)34)15-21-7-4-5-9-25(21)31-23-8-6-14-29(2,3)17-23/h11-12,16,21,23,25-26,31H,1,4-10,13-15,17-18H2,2-3H3,(H,30,33)/t21-,23?,25+,26?/m1/s1. The average molecular weight is 464 g/mol. The minimum Gasteiger partial charge on any atom is -0.329 e. The summed E-state index contributed by atoms with van der Waals surface area (Å²) in [6, 6.07) is 7.25. The molecule has 4 aliphatic rings. The summed E-state index contributed by atoms with van der Waals surface area (Å²) in [6.07, 6.45) is 12.9. The molecule has 2 aliphatic carbocycles.